The monoisotopic (exact) mass is 312 g/mol. The lowest BCUT2D eigenvalue weighted by Crippen LogP contribution is -2.31. The summed E-state index contributed by atoms with van der Waals surface area (Å²) in [7, 11) is 0. The predicted octanol–water partition coefficient (Wildman–Crippen LogP) is 4.00. The van der Waals surface area contributed by atoms with Crippen molar-refractivity contribution in [2.24, 2.45) is 5.84 Å². The van der Waals surface area contributed by atoms with Gasteiger partial charge in [-0.1, -0.05) is 36.4 Å². The van der Waals surface area contributed by atoms with Gasteiger partial charge in [0.15, 0.2) is 0 Å². The van der Waals surface area contributed by atoms with Gasteiger partial charge < -0.3 is 0 Å². The number of hydrazine groups is 1. The molecule has 0 aliphatic heterocycles. The number of halogens is 3. The van der Waals surface area contributed by atoms with Crippen molar-refractivity contribution < 1.29 is 13.2 Å². The van der Waals surface area contributed by atoms with E-state index in [0.29, 0.717) is 5.75 Å². The van der Waals surface area contributed by atoms with E-state index in [1.54, 1.807) is 6.07 Å². The second kappa shape index (κ2) is 6.98. The zero-order valence-electron chi connectivity index (χ0n) is 11.1. The molecule has 2 rings (SSSR count). The van der Waals surface area contributed by atoms with E-state index in [9.17, 15) is 13.2 Å². The second-order valence-corrected chi connectivity index (χ2v) is 5.52. The van der Waals surface area contributed by atoms with Crippen molar-refractivity contribution >= 4 is 11.8 Å². The van der Waals surface area contributed by atoms with Crippen molar-refractivity contribution in [1.82, 2.24) is 5.43 Å². The fourth-order valence-corrected chi connectivity index (χ4v) is 2.97. The number of hydrogen-bond acceptors (Lipinski definition) is 3. The minimum Gasteiger partial charge on any atom is -0.271 e. The van der Waals surface area contributed by atoms with Gasteiger partial charge in [0.05, 0.1) is 11.6 Å². The van der Waals surface area contributed by atoms with Crippen LogP contribution in [0.1, 0.15) is 17.2 Å². The summed E-state index contributed by atoms with van der Waals surface area (Å²) in [6.45, 7) is 0. The van der Waals surface area contributed by atoms with Crippen molar-refractivity contribution in [2.75, 3.05) is 5.75 Å². The molecule has 1 atom stereocenters. The van der Waals surface area contributed by atoms with Crippen LogP contribution in [0, 0.1) is 0 Å². The van der Waals surface area contributed by atoms with Crippen LogP contribution >= 0.6 is 11.8 Å². The molecule has 0 amide bonds. The van der Waals surface area contributed by atoms with Crippen LogP contribution in [0.4, 0.5) is 13.2 Å². The van der Waals surface area contributed by atoms with Crippen LogP contribution < -0.4 is 11.3 Å². The van der Waals surface area contributed by atoms with Crippen LogP contribution in [0.25, 0.3) is 0 Å². The molecule has 6 heteroatoms. The Labute approximate surface area is 125 Å². The predicted molar refractivity (Wildman–Crippen MR) is 78.7 cm³/mol. The average molecular weight is 312 g/mol. The first-order valence-corrected chi connectivity index (χ1v) is 7.31. The molecule has 0 radical (unpaired) electrons. The molecule has 0 spiro atoms. The molecule has 0 fully saturated rings. The van der Waals surface area contributed by atoms with Gasteiger partial charge in [0.1, 0.15) is 0 Å². The molecule has 0 saturated carbocycles. The molecule has 21 heavy (non-hydrogen) atoms. The minimum atomic E-state index is -4.39. The fourth-order valence-electron chi connectivity index (χ4n) is 1.98. The van der Waals surface area contributed by atoms with Crippen LogP contribution in [-0.2, 0) is 6.18 Å². The Balaban J connectivity index is 2.18. The van der Waals surface area contributed by atoms with E-state index < -0.39 is 17.8 Å². The lowest BCUT2D eigenvalue weighted by atomic mass is 10.0. The zero-order valence-corrected chi connectivity index (χ0v) is 11.9. The number of hydrogen-bond donors (Lipinski definition) is 2. The molecular weight excluding hydrogens is 297 g/mol. The standard InChI is InChI=1S/C15H15F3N2S/c16-15(17,18)13-9-5-4-8-12(13)14(20-19)10-21-11-6-2-1-3-7-11/h1-9,14,20H,10,19H2. The largest absolute Gasteiger partial charge is 0.416 e. The first-order chi connectivity index (χ1) is 10.0. The highest BCUT2D eigenvalue weighted by atomic mass is 32.2. The molecule has 2 aromatic carbocycles. The van der Waals surface area contributed by atoms with E-state index in [1.807, 2.05) is 30.3 Å². The Kier molecular flexibility index (Phi) is 5.27. The second-order valence-electron chi connectivity index (χ2n) is 4.43. The summed E-state index contributed by atoms with van der Waals surface area (Å²) in [5.41, 5.74) is 1.99. The molecule has 0 aromatic heterocycles. The lowest BCUT2D eigenvalue weighted by Gasteiger charge is -2.20. The van der Waals surface area contributed by atoms with Crippen molar-refractivity contribution in [2.45, 2.75) is 17.1 Å². The van der Waals surface area contributed by atoms with Crippen molar-refractivity contribution in [3.8, 4) is 0 Å². The minimum absolute atomic E-state index is 0.163. The maximum Gasteiger partial charge on any atom is 0.416 e. The first kappa shape index (κ1) is 15.9. The van der Waals surface area contributed by atoms with Gasteiger partial charge in [0.25, 0.3) is 0 Å². The van der Waals surface area contributed by atoms with Gasteiger partial charge in [-0.25, -0.2) is 0 Å². The Bertz CT molecular complexity index is 573. The number of nitrogens with two attached hydrogens (primary N) is 1. The summed E-state index contributed by atoms with van der Waals surface area (Å²) in [6.07, 6.45) is -4.39. The topological polar surface area (TPSA) is 38.0 Å². The van der Waals surface area contributed by atoms with Gasteiger partial charge >= 0.3 is 6.18 Å². The van der Waals surface area contributed by atoms with Crippen LogP contribution in [-0.4, -0.2) is 5.75 Å². The Morgan fingerprint density at radius 1 is 1.00 bits per heavy atom. The molecule has 0 aliphatic rings. The molecular formula is C15H15F3N2S. The maximum atomic E-state index is 13.0. The van der Waals surface area contributed by atoms with Gasteiger partial charge in [0.2, 0.25) is 0 Å². The summed E-state index contributed by atoms with van der Waals surface area (Å²) < 4.78 is 39.1. The lowest BCUT2D eigenvalue weighted by molar-refractivity contribution is -0.138. The Morgan fingerprint density at radius 2 is 1.62 bits per heavy atom. The quantitative estimate of drug-likeness (QED) is 0.498. The van der Waals surface area contributed by atoms with Crippen LogP contribution in [0.2, 0.25) is 0 Å². The van der Waals surface area contributed by atoms with Gasteiger partial charge in [-0.05, 0) is 23.8 Å². The van der Waals surface area contributed by atoms with Crippen molar-refractivity contribution in [3.05, 3.63) is 65.7 Å². The van der Waals surface area contributed by atoms with E-state index in [0.717, 1.165) is 11.0 Å². The molecule has 0 bridgehead atoms. The van der Waals surface area contributed by atoms with Crippen LogP contribution in [0.5, 0.6) is 0 Å². The fraction of sp³-hybridized carbons (Fsp3) is 0.200. The Morgan fingerprint density at radius 3 is 2.24 bits per heavy atom. The molecule has 2 nitrogen and oxygen atoms in total. The van der Waals surface area contributed by atoms with Gasteiger partial charge in [-0.15, -0.1) is 11.8 Å². The normalized spacial score (nSPS) is 13.1. The average Bonchev–Trinajstić information content (AvgIpc) is 2.48. The van der Waals surface area contributed by atoms with E-state index in [4.69, 9.17) is 5.84 Å². The number of rotatable bonds is 5. The molecule has 3 N–H and O–H groups in total. The molecule has 0 saturated heterocycles. The molecule has 0 heterocycles. The third-order valence-corrected chi connectivity index (χ3v) is 4.11. The van der Waals surface area contributed by atoms with E-state index >= 15 is 0 Å². The highest BCUT2D eigenvalue weighted by molar-refractivity contribution is 7.99. The van der Waals surface area contributed by atoms with Gasteiger partial charge in [-0.2, -0.15) is 13.2 Å². The zero-order chi connectivity index (χ0) is 15.3. The van der Waals surface area contributed by atoms with E-state index in [1.165, 1.54) is 23.9 Å². The van der Waals surface area contributed by atoms with Crippen LogP contribution in [0.15, 0.2) is 59.5 Å². The number of nitrogens with one attached hydrogen (secondary N) is 1. The van der Waals surface area contributed by atoms with Gasteiger partial charge in [-0.3, -0.25) is 11.3 Å². The highest BCUT2D eigenvalue weighted by Crippen LogP contribution is 2.35. The smallest absolute Gasteiger partial charge is 0.271 e. The number of thioether (sulfide) groups is 1. The molecule has 2 aromatic rings. The molecule has 1 unspecified atom stereocenters. The third kappa shape index (κ3) is 4.23. The first-order valence-electron chi connectivity index (χ1n) is 6.32. The Hall–Kier alpha value is -1.50. The summed E-state index contributed by atoms with van der Waals surface area (Å²) in [5.74, 6) is 5.86. The highest BCUT2D eigenvalue weighted by Gasteiger charge is 2.34. The van der Waals surface area contributed by atoms with E-state index in [2.05, 4.69) is 5.43 Å². The molecule has 112 valence electrons. The third-order valence-electron chi connectivity index (χ3n) is 3.00. The van der Waals surface area contributed by atoms with E-state index in [-0.39, 0.29) is 5.56 Å². The van der Waals surface area contributed by atoms with Gasteiger partial charge in [0, 0.05) is 10.6 Å². The van der Waals surface area contributed by atoms with Crippen molar-refractivity contribution in [1.29, 1.82) is 0 Å². The number of benzene rings is 2. The SMILES string of the molecule is NNC(CSc1ccccc1)c1ccccc1C(F)(F)F. The molecule has 0 aliphatic carbocycles. The maximum absolute atomic E-state index is 13.0. The summed E-state index contributed by atoms with van der Waals surface area (Å²) in [6, 6.07) is 14.4. The summed E-state index contributed by atoms with van der Waals surface area (Å²) >= 11 is 1.46. The summed E-state index contributed by atoms with van der Waals surface area (Å²) in [5, 5.41) is 0. The van der Waals surface area contributed by atoms with Crippen molar-refractivity contribution in [3.63, 3.8) is 0 Å². The summed E-state index contributed by atoms with van der Waals surface area (Å²) in [4.78, 5) is 0.988. The number of alkyl halides is 3. The van der Waals surface area contributed by atoms with Crippen LogP contribution in [0.3, 0.4) is 0 Å².